The van der Waals surface area contributed by atoms with Crippen LogP contribution in [-0.4, -0.2) is 16.0 Å². The summed E-state index contributed by atoms with van der Waals surface area (Å²) in [5.41, 5.74) is 15.9. The van der Waals surface area contributed by atoms with Crippen molar-refractivity contribution in [2.45, 2.75) is 26.3 Å². The van der Waals surface area contributed by atoms with Crippen LogP contribution in [0.3, 0.4) is 0 Å². The number of amides is 2. The molecule has 28 heavy (non-hydrogen) atoms. The highest BCUT2D eigenvalue weighted by Gasteiger charge is 2.13. The molecule has 3 rings (SSSR count). The maximum Gasteiger partial charge on any atom is 0.319 e. The van der Waals surface area contributed by atoms with E-state index in [0.29, 0.717) is 17.9 Å². The molecule has 1 atom stereocenters. The Morgan fingerprint density at radius 2 is 1.71 bits per heavy atom. The van der Waals surface area contributed by atoms with Gasteiger partial charge >= 0.3 is 6.03 Å². The largest absolute Gasteiger partial charge is 0.383 e. The van der Waals surface area contributed by atoms with E-state index in [-0.39, 0.29) is 18.0 Å². The van der Waals surface area contributed by atoms with Crippen LogP contribution in [0.5, 0.6) is 0 Å². The number of carbonyl (C=O) groups excluding carboxylic acids is 1. The molecule has 1 heterocycles. The van der Waals surface area contributed by atoms with E-state index >= 15 is 0 Å². The highest BCUT2D eigenvalue weighted by atomic mass is 16.2. The van der Waals surface area contributed by atoms with Gasteiger partial charge in [0.15, 0.2) is 0 Å². The van der Waals surface area contributed by atoms with E-state index in [9.17, 15) is 4.79 Å². The molecule has 3 aromatic rings. The summed E-state index contributed by atoms with van der Waals surface area (Å²) < 4.78 is 0. The molecule has 0 fully saturated rings. The lowest BCUT2D eigenvalue weighted by molar-refractivity contribution is 0.249. The predicted octanol–water partition coefficient (Wildman–Crippen LogP) is 3.75. The number of carbonyl (C=O) groups is 1. The van der Waals surface area contributed by atoms with E-state index in [0.717, 1.165) is 22.4 Å². The van der Waals surface area contributed by atoms with Crippen LogP contribution in [0.25, 0.3) is 11.1 Å². The van der Waals surface area contributed by atoms with Crippen LogP contribution < -0.4 is 22.1 Å². The molecular weight excluding hydrogens is 352 g/mol. The minimum absolute atomic E-state index is 0.0979. The zero-order chi connectivity index (χ0) is 20.1. The zero-order valence-corrected chi connectivity index (χ0v) is 15.9. The van der Waals surface area contributed by atoms with Gasteiger partial charge in [0.1, 0.15) is 5.82 Å². The quantitative estimate of drug-likeness (QED) is 0.541. The van der Waals surface area contributed by atoms with E-state index in [4.69, 9.17) is 11.5 Å². The first kappa shape index (κ1) is 19.2. The zero-order valence-electron chi connectivity index (χ0n) is 15.9. The molecule has 0 aliphatic rings. The second kappa shape index (κ2) is 8.39. The van der Waals surface area contributed by atoms with Crippen molar-refractivity contribution >= 4 is 23.5 Å². The van der Waals surface area contributed by atoms with Crippen molar-refractivity contribution in [1.82, 2.24) is 15.3 Å². The van der Waals surface area contributed by atoms with Gasteiger partial charge in [-0.1, -0.05) is 49.4 Å². The van der Waals surface area contributed by atoms with E-state index in [2.05, 4.69) is 20.6 Å². The molecule has 2 aromatic carbocycles. The summed E-state index contributed by atoms with van der Waals surface area (Å²) in [5, 5.41) is 5.76. The molecule has 7 heteroatoms. The van der Waals surface area contributed by atoms with Crippen LogP contribution >= 0.6 is 0 Å². The van der Waals surface area contributed by atoms with Crippen molar-refractivity contribution in [3.05, 3.63) is 65.9 Å². The molecule has 0 aliphatic carbocycles. The van der Waals surface area contributed by atoms with Crippen LogP contribution in [0, 0.1) is 0 Å². The van der Waals surface area contributed by atoms with Gasteiger partial charge in [-0.15, -0.1) is 0 Å². The molecular formula is C21H24N6O. The fourth-order valence-corrected chi connectivity index (χ4v) is 3.03. The van der Waals surface area contributed by atoms with Crippen molar-refractivity contribution in [3.8, 4) is 11.1 Å². The molecule has 1 aromatic heterocycles. The Hall–Kier alpha value is -3.61. The lowest BCUT2D eigenvalue weighted by atomic mass is 10.0. The number of benzene rings is 2. The van der Waals surface area contributed by atoms with Gasteiger partial charge in [0, 0.05) is 11.3 Å². The van der Waals surface area contributed by atoms with Crippen LogP contribution in [0.4, 0.5) is 22.2 Å². The third-order valence-electron chi connectivity index (χ3n) is 4.44. The number of nitrogen functional groups attached to an aromatic ring is 2. The maximum absolute atomic E-state index is 12.3. The Kier molecular flexibility index (Phi) is 5.74. The predicted molar refractivity (Wildman–Crippen MR) is 113 cm³/mol. The van der Waals surface area contributed by atoms with Gasteiger partial charge in [0.25, 0.3) is 0 Å². The Balaban J connectivity index is 1.71. The fraction of sp³-hybridized carbons (Fsp3) is 0.190. The average molecular weight is 376 g/mol. The van der Waals surface area contributed by atoms with Crippen molar-refractivity contribution < 1.29 is 4.79 Å². The number of aromatic nitrogens is 2. The summed E-state index contributed by atoms with van der Waals surface area (Å²) in [4.78, 5) is 20.6. The number of urea groups is 1. The standard InChI is InChI=1S/C21H24N6O/c1-3-17-18(19(22)27-20(23)26-17)15-9-11-16(12-10-15)25-21(28)24-13(2)14-7-5-4-6-8-14/h4-13H,3H2,1-2H3,(H2,24,25,28)(H4,22,23,26,27). The molecule has 0 saturated carbocycles. The topological polar surface area (TPSA) is 119 Å². The van der Waals surface area contributed by atoms with Gasteiger partial charge in [-0.25, -0.2) is 9.78 Å². The SMILES string of the molecule is CCc1nc(N)nc(N)c1-c1ccc(NC(=O)NC(C)c2ccccc2)cc1. The minimum Gasteiger partial charge on any atom is -0.383 e. The van der Waals surface area contributed by atoms with E-state index in [1.54, 1.807) is 0 Å². The average Bonchev–Trinajstić information content (AvgIpc) is 2.69. The molecule has 0 aliphatic heterocycles. The molecule has 7 nitrogen and oxygen atoms in total. The number of nitrogens with zero attached hydrogens (tertiary/aromatic N) is 2. The van der Waals surface area contributed by atoms with Crippen LogP contribution in [-0.2, 0) is 6.42 Å². The van der Waals surface area contributed by atoms with Crippen molar-refractivity contribution in [1.29, 1.82) is 0 Å². The van der Waals surface area contributed by atoms with Crippen molar-refractivity contribution in [2.75, 3.05) is 16.8 Å². The molecule has 6 N–H and O–H groups in total. The van der Waals surface area contributed by atoms with Gasteiger partial charge in [-0.3, -0.25) is 0 Å². The summed E-state index contributed by atoms with van der Waals surface area (Å²) in [6, 6.07) is 16.8. The van der Waals surface area contributed by atoms with E-state index in [1.807, 2.05) is 68.4 Å². The van der Waals surface area contributed by atoms with E-state index in [1.165, 1.54) is 0 Å². The second-order valence-electron chi connectivity index (χ2n) is 6.45. The first-order valence-corrected chi connectivity index (χ1v) is 9.12. The third kappa shape index (κ3) is 4.37. The second-order valence-corrected chi connectivity index (χ2v) is 6.45. The van der Waals surface area contributed by atoms with Crippen LogP contribution in [0.15, 0.2) is 54.6 Å². The van der Waals surface area contributed by atoms with Gasteiger partial charge in [0.2, 0.25) is 5.95 Å². The molecule has 144 valence electrons. The molecule has 1 unspecified atom stereocenters. The van der Waals surface area contributed by atoms with E-state index < -0.39 is 0 Å². The number of hydrogen-bond acceptors (Lipinski definition) is 5. The summed E-state index contributed by atoms with van der Waals surface area (Å²) in [5.74, 6) is 0.514. The molecule has 0 spiro atoms. The van der Waals surface area contributed by atoms with Gasteiger partial charge < -0.3 is 22.1 Å². The highest BCUT2D eigenvalue weighted by molar-refractivity contribution is 5.90. The Morgan fingerprint density at radius 1 is 1.04 bits per heavy atom. The minimum atomic E-state index is -0.270. The number of nitrogens with one attached hydrogen (secondary N) is 2. The number of rotatable bonds is 5. The summed E-state index contributed by atoms with van der Waals surface area (Å²) in [6.45, 7) is 3.92. The molecule has 2 amide bonds. The first-order chi connectivity index (χ1) is 13.5. The summed E-state index contributed by atoms with van der Waals surface area (Å²) in [6.07, 6.45) is 0.687. The Morgan fingerprint density at radius 3 is 2.36 bits per heavy atom. The molecule has 0 radical (unpaired) electrons. The molecule has 0 bridgehead atoms. The van der Waals surface area contributed by atoms with Crippen LogP contribution in [0.2, 0.25) is 0 Å². The maximum atomic E-state index is 12.3. The van der Waals surface area contributed by atoms with Crippen LogP contribution in [0.1, 0.15) is 31.1 Å². The highest BCUT2D eigenvalue weighted by Crippen LogP contribution is 2.29. The van der Waals surface area contributed by atoms with Gasteiger partial charge in [-0.05, 0) is 36.6 Å². The van der Waals surface area contributed by atoms with Crippen molar-refractivity contribution in [2.24, 2.45) is 0 Å². The van der Waals surface area contributed by atoms with Gasteiger partial charge in [0.05, 0.1) is 11.7 Å². The first-order valence-electron chi connectivity index (χ1n) is 9.12. The summed E-state index contributed by atoms with van der Waals surface area (Å²) >= 11 is 0. The fourth-order valence-electron chi connectivity index (χ4n) is 3.03. The smallest absolute Gasteiger partial charge is 0.319 e. The Bertz CT molecular complexity index is 957. The lowest BCUT2D eigenvalue weighted by Crippen LogP contribution is -2.31. The number of anilines is 3. The lowest BCUT2D eigenvalue weighted by Gasteiger charge is -2.15. The molecule has 0 saturated heterocycles. The number of hydrogen-bond donors (Lipinski definition) is 4. The Labute approximate surface area is 164 Å². The van der Waals surface area contributed by atoms with Gasteiger partial charge in [-0.2, -0.15) is 4.98 Å². The summed E-state index contributed by atoms with van der Waals surface area (Å²) in [7, 11) is 0. The third-order valence-corrected chi connectivity index (χ3v) is 4.44. The van der Waals surface area contributed by atoms with Crippen molar-refractivity contribution in [3.63, 3.8) is 0 Å². The monoisotopic (exact) mass is 376 g/mol. The number of aryl methyl sites for hydroxylation is 1. The number of nitrogens with two attached hydrogens (primary N) is 2. The normalized spacial score (nSPS) is 11.6.